The van der Waals surface area contributed by atoms with Crippen LogP contribution in [0.25, 0.3) is 0 Å². The fourth-order valence-electron chi connectivity index (χ4n) is 0. The van der Waals surface area contributed by atoms with Gasteiger partial charge in [0, 0.05) is 106 Å². The van der Waals surface area contributed by atoms with E-state index in [1.165, 1.54) is 0 Å². The van der Waals surface area contributed by atoms with Crippen molar-refractivity contribution in [2.75, 3.05) is 0 Å². The fourth-order valence-corrected chi connectivity index (χ4v) is 0. The van der Waals surface area contributed by atoms with Gasteiger partial charge in [0.05, 0.1) is 0 Å². The Morgan fingerprint density at radius 2 is 1.00 bits per heavy atom. The molecule has 0 aliphatic carbocycles. The Morgan fingerprint density at radius 3 is 1.00 bits per heavy atom. The summed E-state index contributed by atoms with van der Waals surface area (Å²) in [4.78, 5) is 0. The number of rotatable bonds is 0. The molecule has 7 heteroatoms. The SMILES string of the molecule is [AlH3].[Cr].[Mo].[Nb].[SnH2].[V].[Zr]. The van der Waals surface area contributed by atoms with Gasteiger partial charge in [0.2, 0.25) is 0 Å². The van der Waals surface area contributed by atoms with E-state index in [9.17, 15) is 0 Å². The monoisotopic (exact) mass is 536 g/mol. The molecule has 0 aromatic carbocycles. The van der Waals surface area contributed by atoms with Crippen LogP contribution in [0.1, 0.15) is 0 Å². The molecule has 0 saturated carbocycles. The van der Waals surface area contributed by atoms with E-state index in [0.29, 0.717) is 0 Å². The molecule has 4 radical (unpaired) electrons. The summed E-state index contributed by atoms with van der Waals surface area (Å²) < 4.78 is 0. The smallest absolute Gasteiger partial charge is 0 e. The molecule has 0 heterocycles. The van der Waals surface area contributed by atoms with E-state index in [4.69, 9.17) is 0 Å². The molecule has 0 saturated heterocycles. The second-order valence-electron chi connectivity index (χ2n) is 0. The van der Waals surface area contributed by atoms with Crippen LogP contribution in [0.3, 0.4) is 0 Å². The first kappa shape index (κ1) is 60.1. The molecule has 0 amide bonds. The number of hydrogen-bond donors (Lipinski definition) is 0. The largest absolute Gasteiger partial charge is 0 e. The van der Waals surface area contributed by atoms with Crippen molar-refractivity contribution in [1.82, 2.24) is 0 Å². The number of hydrogen-bond acceptors (Lipinski definition) is 0. The molecule has 0 atom stereocenters. The standard InChI is InChI=1S/Al.Cr.Mo.Nb.Sn.V.Zr.5H. The van der Waals surface area contributed by atoms with Crippen LogP contribution in [0, 0.1) is 0 Å². The van der Waals surface area contributed by atoms with Gasteiger partial charge in [-0.2, -0.15) is 0 Å². The van der Waals surface area contributed by atoms with Crippen LogP contribution in [0.2, 0.25) is 0 Å². The molecule has 0 unspecified atom stereocenters. The van der Waals surface area contributed by atoms with Gasteiger partial charge in [0.15, 0.2) is 17.4 Å². The van der Waals surface area contributed by atoms with E-state index in [0.717, 1.165) is 0 Å². The van der Waals surface area contributed by atoms with Crippen LogP contribution < -0.4 is 0 Å². The van der Waals surface area contributed by atoms with E-state index in [-0.39, 0.29) is 147 Å². The van der Waals surface area contributed by atoms with Crippen molar-refractivity contribution in [3.05, 3.63) is 0 Å². The summed E-state index contributed by atoms with van der Waals surface area (Å²) in [5.41, 5.74) is 0. The van der Waals surface area contributed by atoms with E-state index in [1.807, 2.05) is 0 Å². The molecule has 0 N–H and O–H groups in total. The molecular formula is H5AlCrMoNbSnVZr. The molecule has 0 bridgehead atoms. The summed E-state index contributed by atoms with van der Waals surface area (Å²) in [6.45, 7) is 0. The fraction of sp³-hybridized carbons (Fsp3) is 0. The second kappa shape index (κ2) is 45.2. The molecule has 0 nitrogen and oxygen atoms in total. The Labute approximate surface area is 143 Å². The summed E-state index contributed by atoms with van der Waals surface area (Å²) in [5, 5.41) is 0. The second-order valence-corrected chi connectivity index (χ2v) is 0. The van der Waals surface area contributed by atoms with E-state index >= 15 is 0 Å². The van der Waals surface area contributed by atoms with Crippen molar-refractivity contribution < 1.29 is 106 Å². The zero-order chi connectivity index (χ0) is 0. The molecule has 0 aromatic rings. The van der Waals surface area contributed by atoms with Crippen molar-refractivity contribution in [3.63, 3.8) is 0 Å². The van der Waals surface area contributed by atoms with Gasteiger partial charge < -0.3 is 0 Å². The normalized spacial score (nSPS) is 0. The predicted molar refractivity (Wildman–Crippen MR) is 18.5 cm³/mol. The third-order valence-electron chi connectivity index (χ3n) is 0. The van der Waals surface area contributed by atoms with Crippen LogP contribution in [-0.2, 0) is 106 Å². The topological polar surface area (TPSA) is 0 Å². The molecule has 38 valence electrons. The summed E-state index contributed by atoms with van der Waals surface area (Å²) in [6.07, 6.45) is 0. The molecule has 0 rings (SSSR count). The van der Waals surface area contributed by atoms with Crippen LogP contribution in [0.4, 0.5) is 0 Å². The van der Waals surface area contributed by atoms with Gasteiger partial charge in [0.25, 0.3) is 0 Å². The first-order valence-electron chi connectivity index (χ1n) is 0. The first-order valence-corrected chi connectivity index (χ1v) is 0. The zero-order valence-corrected chi connectivity index (χ0v) is 16.3. The van der Waals surface area contributed by atoms with Crippen molar-refractivity contribution in [3.8, 4) is 0 Å². The van der Waals surface area contributed by atoms with E-state index in [2.05, 4.69) is 0 Å². The summed E-state index contributed by atoms with van der Waals surface area (Å²) >= 11 is 0. The Kier molecular flexibility index (Phi) is 388. The third kappa shape index (κ3) is 36.4. The third-order valence-corrected chi connectivity index (χ3v) is 0. The molecule has 0 fully saturated rings. The van der Waals surface area contributed by atoms with E-state index < -0.39 is 0 Å². The van der Waals surface area contributed by atoms with Crippen molar-refractivity contribution in [1.29, 1.82) is 0 Å². The molecule has 0 spiro atoms. The van der Waals surface area contributed by atoms with Crippen LogP contribution in [0.5, 0.6) is 0 Å². The Bertz CT molecular complexity index is 19.7. The average molecular weight is 534 g/mol. The molecule has 0 aliphatic heterocycles. The van der Waals surface area contributed by atoms with Crippen LogP contribution in [-0.4, -0.2) is 41.3 Å². The maximum Gasteiger partial charge on any atom is 0 e. The van der Waals surface area contributed by atoms with Crippen molar-refractivity contribution in [2.24, 2.45) is 0 Å². The predicted octanol–water partition coefficient (Wildman–Crippen LogP) is -2.11. The molecule has 0 aromatic heterocycles. The van der Waals surface area contributed by atoms with Gasteiger partial charge in [-0.15, -0.1) is 0 Å². The van der Waals surface area contributed by atoms with Gasteiger partial charge >= 0.3 is 23.9 Å². The minimum Gasteiger partial charge on any atom is 0 e. The zero-order valence-electron chi connectivity index (χ0n) is 2.92. The van der Waals surface area contributed by atoms with Crippen LogP contribution >= 0.6 is 0 Å². The van der Waals surface area contributed by atoms with Crippen LogP contribution in [0.15, 0.2) is 0 Å². The van der Waals surface area contributed by atoms with Gasteiger partial charge in [-0.25, -0.2) is 0 Å². The van der Waals surface area contributed by atoms with E-state index in [1.54, 1.807) is 0 Å². The summed E-state index contributed by atoms with van der Waals surface area (Å²) in [6, 6.07) is 0. The van der Waals surface area contributed by atoms with Crippen molar-refractivity contribution >= 4 is 41.3 Å². The van der Waals surface area contributed by atoms with Gasteiger partial charge in [-0.1, -0.05) is 0 Å². The summed E-state index contributed by atoms with van der Waals surface area (Å²) in [5.74, 6) is 0. The minimum atomic E-state index is 0. The maximum atomic E-state index is 0. The average Bonchev–Trinajstić information content (AvgIpc) is 0. The van der Waals surface area contributed by atoms with Gasteiger partial charge in [0.1, 0.15) is 0 Å². The minimum absolute atomic E-state index is 0. The van der Waals surface area contributed by atoms with Gasteiger partial charge in [-0.3, -0.25) is 0 Å². The van der Waals surface area contributed by atoms with Crippen molar-refractivity contribution in [2.45, 2.75) is 0 Å². The molecule has 0 aliphatic rings. The molecular weight excluding hydrogens is 529 g/mol. The quantitative estimate of drug-likeness (QED) is 0.313. The van der Waals surface area contributed by atoms with Gasteiger partial charge in [-0.05, 0) is 0 Å². The maximum absolute atomic E-state index is 0. The Hall–Kier alpha value is 4.76. The Balaban J connectivity index is 0. The first-order chi connectivity index (χ1) is 0. The Morgan fingerprint density at radius 1 is 1.00 bits per heavy atom. The molecule has 7 heavy (non-hydrogen) atoms. The summed E-state index contributed by atoms with van der Waals surface area (Å²) in [7, 11) is 0.